The summed E-state index contributed by atoms with van der Waals surface area (Å²) >= 11 is 11.3. The predicted molar refractivity (Wildman–Crippen MR) is 78.1 cm³/mol. The van der Waals surface area contributed by atoms with Crippen LogP contribution in [0.1, 0.15) is 5.56 Å². The fraction of sp³-hybridized carbons (Fsp3) is 0.400. The van der Waals surface area contributed by atoms with Crippen molar-refractivity contribution in [2.24, 2.45) is 5.73 Å². The van der Waals surface area contributed by atoms with E-state index < -0.39 is 21.3 Å². The lowest BCUT2D eigenvalue weighted by Gasteiger charge is -2.11. The van der Waals surface area contributed by atoms with Crippen LogP contribution in [0, 0.1) is 0 Å². The second-order valence-electron chi connectivity index (χ2n) is 3.77. The third-order valence-corrected chi connectivity index (χ3v) is 5.28. The van der Waals surface area contributed by atoms with Gasteiger partial charge in [0, 0.05) is 23.9 Å². The minimum absolute atomic E-state index is 0.00243. The second-order valence-corrected chi connectivity index (χ2v) is 7.48. The molecule has 3 N–H and O–H groups in total. The molecule has 0 saturated heterocycles. The Morgan fingerprint density at radius 2 is 1.86 bits per heavy atom. The molecule has 1 aromatic carbocycles. The van der Waals surface area contributed by atoms with Gasteiger partial charge in [0.25, 0.3) is 0 Å². The van der Waals surface area contributed by atoms with E-state index in [1.165, 1.54) is 12.1 Å². The molecule has 0 fully saturated rings. The quantitative estimate of drug-likeness (QED) is 0.741. The lowest BCUT2D eigenvalue weighted by molar-refractivity contribution is -0.0327. The summed E-state index contributed by atoms with van der Waals surface area (Å²) in [5, 5.41) is 0.0854. The highest BCUT2D eigenvalue weighted by Gasteiger charge is 2.28. The number of sulfonamides is 1. The van der Waals surface area contributed by atoms with E-state index in [2.05, 4.69) is 0 Å². The van der Waals surface area contributed by atoms with Crippen LogP contribution >= 0.6 is 35.0 Å². The molecule has 120 valence electrons. The van der Waals surface area contributed by atoms with Crippen LogP contribution in [0.4, 0.5) is 13.2 Å². The van der Waals surface area contributed by atoms with Gasteiger partial charge in [-0.25, -0.2) is 13.1 Å². The average molecular weight is 383 g/mol. The molecule has 0 bridgehead atoms. The van der Waals surface area contributed by atoms with Gasteiger partial charge in [0.05, 0.1) is 5.02 Å². The number of alkyl halides is 3. The summed E-state index contributed by atoms with van der Waals surface area (Å²) in [7, 11) is -4.03. The number of hydrogen-bond donors (Lipinski definition) is 2. The Kier molecular flexibility index (Phi) is 6.63. The zero-order chi connectivity index (χ0) is 16.3. The lowest BCUT2D eigenvalue weighted by Crippen LogP contribution is -2.27. The number of hydrogen-bond acceptors (Lipinski definition) is 4. The summed E-state index contributed by atoms with van der Waals surface area (Å²) in [5.41, 5.74) is 1.37. The second kappa shape index (κ2) is 7.38. The Balaban J connectivity index is 2.84. The third-order valence-electron chi connectivity index (χ3n) is 2.27. The van der Waals surface area contributed by atoms with Crippen molar-refractivity contribution in [3.05, 3.63) is 27.7 Å². The minimum atomic E-state index is -4.41. The van der Waals surface area contributed by atoms with Crippen molar-refractivity contribution in [3.63, 3.8) is 0 Å². The van der Waals surface area contributed by atoms with Gasteiger partial charge < -0.3 is 5.73 Å². The maximum absolute atomic E-state index is 12.0. The maximum Gasteiger partial charge on any atom is 0.441 e. The maximum atomic E-state index is 12.0. The smallest absolute Gasteiger partial charge is 0.326 e. The first kappa shape index (κ1) is 18.9. The summed E-state index contributed by atoms with van der Waals surface area (Å²) < 4.78 is 61.8. The normalized spacial score (nSPS) is 12.7. The molecule has 4 nitrogen and oxygen atoms in total. The molecule has 0 saturated carbocycles. The van der Waals surface area contributed by atoms with Gasteiger partial charge in [-0.05, 0) is 29.5 Å². The van der Waals surface area contributed by atoms with Gasteiger partial charge in [-0.1, -0.05) is 23.2 Å². The van der Waals surface area contributed by atoms with Crippen LogP contribution in [0.3, 0.4) is 0 Å². The fourth-order valence-corrected chi connectivity index (χ4v) is 3.82. The predicted octanol–water partition coefficient (Wildman–Crippen LogP) is 2.98. The molecule has 0 aliphatic rings. The first-order chi connectivity index (χ1) is 9.57. The average Bonchev–Trinajstić information content (AvgIpc) is 2.33. The van der Waals surface area contributed by atoms with Gasteiger partial charge in [0.15, 0.2) is 0 Å². The molecule has 1 aromatic rings. The molecule has 11 heteroatoms. The molecule has 0 spiro atoms. The summed E-state index contributed by atoms with van der Waals surface area (Å²) in [6, 6.07) is 2.42. The van der Waals surface area contributed by atoms with Gasteiger partial charge >= 0.3 is 5.51 Å². The summed E-state index contributed by atoms with van der Waals surface area (Å²) in [5.74, 6) is -0.447. The van der Waals surface area contributed by atoms with Crippen LogP contribution < -0.4 is 10.5 Å². The number of nitrogens with one attached hydrogen (secondary N) is 1. The van der Waals surface area contributed by atoms with Crippen LogP contribution in [0.15, 0.2) is 17.0 Å². The van der Waals surface area contributed by atoms with E-state index in [0.29, 0.717) is 5.56 Å². The highest BCUT2D eigenvalue weighted by atomic mass is 35.5. The van der Waals surface area contributed by atoms with Crippen molar-refractivity contribution in [2.75, 3.05) is 12.3 Å². The monoisotopic (exact) mass is 382 g/mol. The molecule has 0 radical (unpaired) electrons. The van der Waals surface area contributed by atoms with Crippen LogP contribution in [0.5, 0.6) is 0 Å². The van der Waals surface area contributed by atoms with E-state index in [0.717, 1.165) is 0 Å². The molecule has 0 aliphatic carbocycles. The van der Waals surface area contributed by atoms with E-state index in [-0.39, 0.29) is 39.8 Å². The lowest BCUT2D eigenvalue weighted by atomic mass is 10.2. The van der Waals surface area contributed by atoms with Crippen molar-refractivity contribution < 1.29 is 21.6 Å². The molecule has 0 amide bonds. The van der Waals surface area contributed by atoms with Crippen molar-refractivity contribution in [1.82, 2.24) is 4.72 Å². The standard InChI is InChI=1S/C10H11Cl2F3N2O2S2/c11-7-4-8(12)9(3-6(7)5-16)21(18,19)17-1-2-20-10(13,14)15/h3-4,17H,1-2,5,16H2. The Morgan fingerprint density at radius 3 is 2.38 bits per heavy atom. The molecular weight excluding hydrogens is 372 g/mol. The van der Waals surface area contributed by atoms with E-state index >= 15 is 0 Å². The zero-order valence-electron chi connectivity index (χ0n) is 10.4. The largest absolute Gasteiger partial charge is 0.441 e. The first-order valence-corrected chi connectivity index (χ1v) is 8.67. The highest BCUT2D eigenvalue weighted by molar-refractivity contribution is 8.00. The zero-order valence-corrected chi connectivity index (χ0v) is 13.5. The van der Waals surface area contributed by atoms with E-state index in [4.69, 9.17) is 28.9 Å². The van der Waals surface area contributed by atoms with Crippen molar-refractivity contribution >= 4 is 45.0 Å². The molecule has 0 heterocycles. The van der Waals surface area contributed by atoms with Gasteiger partial charge in [-0.15, -0.1) is 0 Å². The number of thioether (sulfide) groups is 1. The topological polar surface area (TPSA) is 72.2 Å². The first-order valence-electron chi connectivity index (χ1n) is 5.45. The van der Waals surface area contributed by atoms with Crippen LogP contribution in [0.2, 0.25) is 10.0 Å². The molecule has 0 unspecified atom stereocenters. The van der Waals surface area contributed by atoms with E-state index in [9.17, 15) is 21.6 Å². The Bertz CT molecular complexity index is 609. The van der Waals surface area contributed by atoms with Crippen molar-refractivity contribution in [3.8, 4) is 0 Å². The molecule has 0 atom stereocenters. The Morgan fingerprint density at radius 1 is 1.24 bits per heavy atom. The molecule has 0 aromatic heterocycles. The highest BCUT2D eigenvalue weighted by Crippen LogP contribution is 2.30. The molecule has 1 rings (SSSR count). The summed E-state index contributed by atoms with van der Waals surface area (Å²) in [6.07, 6.45) is 0. The molecular formula is C10H11Cl2F3N2O2S2. The van der Waals surface area contributed by atoms with Crippen LogP contribution in [0.25, 0.3) is 0 Å². The van der Waals surface area contributed by atoms with Crippen LogP contribution in [-0.4, -0.2) is 26.2 Å². The van der Waals surface area contributed by atoms with Crippen LogP contribution in [-0.2, 0) is 16.6 Å². The number of benzene rings is 1. The fourth-order valence-electron chi connectivity index (χ4n) is 1.35. The van der Waals surface area contributed by atoms with Gasteiger partial charge in [0.1, 0.15) is 4.90 Å². The number of nitrogens with two attached hydrogens (primary N) is 1. The number of halogens is 5. The minimum Gasteiger partial charge on any atom is -0.326 e. The van der Waals surface area contributed by atoms with Gasteiger partial charge in [0.2, 0.25) is 10.0 Å². The Labute approximate surface area is 134 Å². The van der Waals surface area contributed by atoms with Gasteiger partial charge in [-0.3, -0.25) is 0 Å². The van der Waals surface area contributed by atoms with Gasteiger partial charge in [-0.2, -0.15) is 13.2 Å². The summed E-state index contributed by atoms with van der Waals surface area (Å²) in [4.78, 5) is -0.272. The molecule has 0 aliphatic heterocycles. The number of rotatable bonds is 6. The SMILES string of the molecule is NCc1cc(S(=O)(=O)NCCSC(F)(F)F)c(Cl)cc1Cl. The van der Waals surface area contributed by atoms with Crippen molar-refractivity contribution in [2.45, 2.75) is 16.9 Å². The summed E-state index contributed by atoms with van der Waals surface area (Å²) in [6.45, 7) is -0.383. The Hall–Kier alpha value is -0.190. The van der Waals surface area contributed by atoms with E-state index in [1.807, 2.05) is 4.72 Å². The molecule has 21 heavy (non-hydrogen) atoms. The van der Waals surface area contributed by atoms with Crippen molar-refractivity contribution in [1.29, 1.82) is 0 Å². The third kappa shape index (κ3) is 5.84. The van der Waals surface area contributed by atoms with E-state index in [1.54, 1.807) is 0 Å².